The third-order valence-corrected chi connectivity index (χ3v) is 5.66. The summed E-state index contributed by atoms with van der Waals surface area (Å²) in [5.74, 6) is -0.590. The molecule has 0 aromatic heterocycles. The summed E-state index contributed by atoms with van der Waals surface area (Å²) in [7, 11) is -1.06. The van der Waals surface area contributed by atoms with Crippen molar-refractivity contribution < 1.29 is 23.1 Å². The number of hydrogen-bond acceptors (Lipinski definition) is 5. The van der Waals surface area contributed by atoms with Gasteiger partial charge in [0.15, 0.2) is 0 Å². The molecule has 1 aliphatic rings. The van der Waals surface area contributed by atoms with Crippen molar-refractivity contribution >= 4 is 16.0 Å². The molecule has 1 aromatic rings. The van der Waals surface area contributed by atoms with Crippen LogP contribution in [0.15, 0.2) is 29.2 Å². The van der Waals surface area contributed by atoms with Gasteiger partial charge in [-0.25, -0.2) is 13.2 Å². The van der Waals surface area contributed by atoms with E-state index in [0.29, 0.717) is 12.8 Å². The predicted molar refractivity (Wildman–Crippen MR) is 71.8 cm³/mol. The Bertz CT molecular complexity index is 621. The van der Waals surface area contributed by atoms with Crippen molar-refractivity contribution in [2.45, 2.75) is 23.3 Å². The van der Waals surface area contributed by atoms with Gasteiger partial charge in [-0.05, 0) is 31.0 Å². The maximum atomic E-state index is 12.5. The fourth-order valence-electron chi connectivity index (χ4n) is 2.03. The molecular formula is C13H17NO5S. The van der Waals surface area contributed by atoms with Gasteiger partial charge in [-0.15, -0.1) is 0 Å². The number of rotatable bonds is 5. The van der Waals surface area contributed by atoms with Gasteiger partial charge in [-0.3, -0.25) is 0 Å². The molecule has 7 heteroatoms. The summed E-state index contributed by atoms with van der Waals surface area (Å²) in [4.78, 5) is 11.5. The van der Waals surface area contributed by atoms with Crippen LogP contribution in [0.5, 0.6) is 0 Å². The summed E-state index contributed by atoms with van der Waals surface area (Å²) in [6, 6.07) is 5.69. The number of nitrogens with zero attached hydrogens (tertiary/aromatic N) is 1. The lowest BCUT2D eigenvalue weighted by Gasteiger charge is -2.25. The molecule has 110 valence electrons. The molecule has 1 fully saturated rings. The van der Waals surface area contributed by atoms with Crippen molar-refractivity contribution in [1.29, 1.82) is 0 Å². The largest absolute Gasteiger partial charge is 0.465 e. The van der Waals surface area contributed by atoms with Crippen LogP contribution in [0, 0.1) is 0 Å². The lowest BCUT2D eigenvalue weighted by atomic mass is 10.2. The van der Waals surface area contributed by atoms with Gasteiger partial charge in [-0.1, -0.05) is 6.07 Å². The molecule has 0 unspecified atom stereocenters. The Hall–Kier alpha value is -1.44. The smallest absolute Gasteiger partial charge is 0.337 e. The minimum Gasteiger partial charge on any atom is -0.465 e. The number of carbonyl (C=O) groups is 1. The standard InChI is InChI=1S/C13H17NO5S/c1-14(13(9-15)6-7-13)20(17,18)11-5-3-4-10(8-11)12(16)19-2/h3-5,8,15H,6-7,9H2,1-2H3. The zero-order valence-corrected chi connectivity index (χ0v) is 12.2. The van der Waals surface area contributed by atoms with Crippen LogP contribution in [-0.4, -0.2) is 50.1 Å². The van der Waals surface area contributed by atoms with E-state index in [4.69, 9.17) is 0 Å². The van der Waals surface area contributed by atoms with Crippen LogP contribution in [0.25, 0.3) is 0 Å². The highest BCUT2D eigenvalue weighted by molar-refractivity contribution is 7.89. The van der Waals surface area contributed by atoms with Crippen LogP contribution in [-0.2, 0) is 14.8 Å². The molecule has 20 heavy (non-hydrogen) atoms. The highest BCUT2D eigenvalue weighted by atomic mass is 32.2. The molecule has 6 nitrogen and oxygen atoms in total. The molecule has 0 amide bonds. The average Bonchev–Trinajstić information content (AvgIpc) is 3.26. The van der Waals surface area contributed by atoms with E-state index in [-0.39, 0.29) is 17.1 Å². The minimum absolute atomic E-state index is 0.0163. The van der Waals surface area contributed by atoms with Gasteiger partial charge in [0.1, 0.15) is 0 Å². The van der Waals surface area contributed by atoms with E-state index in [9.17, 15) is 18.3 Å². The lowest BCUT2D eigenvalue weighted by Crippen LogP contribution is -2.41. The zero-order valence-electron chi connectivity index (χ0n) is 11.4. The Labute approximate surface area is 118 Å². The first-order chi connectivity index (χ1) is 9.37. The lowest BCUT2D eigenvalue weighted by molar-refractivity contribution is 0.0600. The summed E-state index contributed by atoms with van der Waals surface area (Å²) in [6.45, 7) is -0.209. The molecule has 1 aliphatic carbocycles. The Morgan fingerprint density at radius 3 is 2.60 bits per heavy atom. The average molecular weight is 299 g/mol. The Morgan fingerprint density at radius 1 is 1.45 bits per heavy atom. The van der Waals surface area contributed by atoms with Gasteiger partial charge in [0.25, 0.3) is 0 Å². The monoisotopic (exact) mass is 299 g/mol. The number of aliphatic hydroxyl groups is 1. The van der Waals surface area contributed by atoms with Crippen molar-refractivity contribution in [3.63, 3.8) is 0 Å². The summed E-state index contributed by atoms with van der Waals surface area (Å²) in [5.41, 5.74) is -0.518. The second-order valence-electron chi connectivity index (χ2n) is 4.87. The van der Waals surface area contributed by atoms with E-state index < -0.39 is 21.5 Å². The first-order valence-corrected chi connectivity index (χ1v) is 7.60. The fourth-order valence-corrected chi connectivity index (χ4v) is 3.62. The van der Waals surface area contributed by atoms with E-state index >= 15 is 0 Å². The van der Waals surface area contributed by atoms with Gasteiger partial charge < -0.3 is 9.84 Å². The molecule has 2 rings (SSSR count). The SMILES string of the molecule is COC(=O)c1cccc(S(=O)(=O)N(C)C2(CO)CC2)c1. The maximum Gasteiger partial charge on any atom is 0.337 e. The predicted octanol–water partition coefficient (Wildman–Crippen LogP) is 0.619. The second-order valence-corrected chi connectivity index (χ2v) is 6.84. The summed E-state index contributed by atoms with van der Waals surface area (Å²) in [5, 5.41) is 9.34. The molecule has 1 aromatic carbocycles. The molecule has 0 radical (unpaired) electrons. The molecule has 0 aliphatic heterocycles. The normalized spacial score (nSPS) is 17.0. The Balaban J connectivity index is 2.37. The van der Waals surface area contributed by atoms with E-state index in [1.807, 2.05) is 0 Å². The van der Waals surface area contributed by atoms with Crippen molar-refractivity contribution in [1.82, 2.24) is 4.31 Å². The highest BCUT2D eigenvalue weighted by Gasteiger charge is 2.50. The summed E-state index contributed by atoms with van der Waals surface area (Å²) < 4.78 is 30.8. The number of hydrogen-bond donors (Lipinski definition) is 1. The van der Waals surface area contributed by atoms with Crippen molar-refractivity contribution in [3.8, 4) is 0 Å². The zero-order chi connectivity index (χ0) is 15.0. The van der Waals surface area contributed by atoms with Gasteiger partial charge in [0, 0.05) is 7.05 Å². The molecule has 1 N–H and O–H groups in total. The summed E-state index contributed by atoms with van der Waals surface area (Å²) in [6.07, 6.45) is 1.27. The van der Waals surface area contributed by atoms with Crippen LogP contribution in [0.1, 0.15) is 23.2 Å². The van der Waals surface area contributed by atoms with Crippen LogP contribution >= 0.6 is 0 Å². The molecule has 0 bridgehead atoms. The van der Waals surface area contributed by atoms with E-state index in [1.54, 1.807) is 0 Å². The molecule has 0 heterocycles. The number of benzene rings is 1. The Kier molecular flexibility index (Phi) is 3.86. The number of aliphatic hydroxyl groups excluding tert-OH is 1. The second kappa shape index (κ2) is 5.16. The number of likely N-dealkylation sites (N-methyl/N-ethyl adjacent to an activating group) is 1. The number of esters is 1. The van der Waals surface area contributed by atoms with Crippen molar-refractivity contribution in [3.05, 3.63) is 29.8 Å². The minimum atomic E-state index is -3.74. The Morgan fingerprint density at radius 2 is 2.10 bits per heavy atom. The van der Waals surface area contributed by atoms with Crippen LogP contribution in [0.2, 0.25) is 0 Å². The fraction of sp³-hybridized carbons (Fsp3) is 0.462. The van der Waals surface area contributed by atoms with E-state index in [0.717, 1.165) is 0 Å². The molecule has 0 atom stereocenters. The third kappa shape index (κ3) is 2.44. The number of methoxy groups -OCH3 is 1. The van der Waals surface area contributed by atoms with Gasteiger partial charge in [0.2, 0.25) is 10.0 Å². The molecule has 0 spiro atoms. The van der Waals surface area contributed by atoms with E-state index in [1.165, 1.54) is 42.7 Å². The molecular weight excluding hydrogens is 282 g/mol. The highest BCUT2D eigenvalue weighted by Crippen LogP contribution is 2.43. The number of sulfonamides is 1. The first kappa shape index (κ1) is 15.0. The summed E-state index contributed by atoms with van der Waals surface area (Å²) >= 11 is 0. The topological polar surface area (TPSA) is 83.9 Å². The van der Waals surface area contributed by atoms with E-state index in [2.05, 4.69) is 4.74 Å². The number of ether oxygens (including phenoxy) is 1. The molecule has 0 saturated heterocycles. The first-order valence-electron chi connectivity index (χ1n) is 6.16. The van der Waals surface area contributed by atoms with Crippen LogP contribution < -0.4 is 0 Å². The van der Waals surface area contributed by atoms with Gasteiger partial charge in [0.05, 0.1) is 29.7 Å². The van der Waals surface area contributed by atoms with Gasteiger partial charge in [-0.2, -0.15) is 4.31 Å². The maximum absolute atomic E-state index is 12.5. The number of carbonyl (C=O) groups excluding carboxylic acids is 1. The quantitative estimate of drug-likeness (QED) is 0.806. The van der Waals surface area contributed by atoms with Crippen LogP contribution in [0.3, 0.4) is 0 Å². The van der Waals surface area contributed by atoms with Crippen LogP contribution in [0.4, 0.5) is 0 Å². The third-order valence-electron chi connectivity index (χ3n) is 3.70. The van der Waals surface area contributed by atoms with Crippen molar-refractivity contribution in [2.75, 3.05) is 20.8 Å². The van der Waals surface area contributed by atoms with Crippen molar-refractivity contribution in [2.24, 2.45) is 0 Å². The molecule has 1 saturated carbocycles. The van der Waals surface area contributed by atoms with Gasteiger partial charge >= 0.3 is 5.97 Å².